The number of nitrogens with zero attached hydrogens (tertiary/aromatic N) is 1. The summed E-state index contributed by atoms with van der Waals surface area (Å²) in [6.07, 6.45) is 14.2. The van der Waals surface area contributed by atoms with Crippen molar-refractivity contribution >= 4 is 16.8 Å². The summed E-state index contributed by atoms with van der Waals surface area (Å²) >= 11 is 0. The first-order valence-corrected chi connectivity index (χ1v) is 14.3. The molecule has 0 saturated heterocycles. The SMILES string of the molecule is COS(CCCNCCNCCN=C(NC1CCCCC1)NC1CCCCC1)(OC)OC. The number of aliphatic imine (C=N–C) groups is 1. The van der Waals surface area contributed by atoms with Gasteiger partial charge in [0.2, 0.25) is 0 Å². The first-order chi connectivity index (χ1) is 15.7. The van der Waals surface area contributed by atoms with Gasteiger partial charge in [-0.3, -0.25) is 17.5 Å². The van der Waals surface area contributed by atoms with Crippen LogP contribution >= 0.6 is 10.9 Å². The fourth-order valence-corrected chi connectivity index (χ4v) is 5.92. The summed E-state index contributed by atoms with van der Waals surface area (Å²) in [5.74, 6) is 1.81. The van der Waals surface area contributed by atoms with Gasteiger partial charge in [-0.1, -0.05) is 38.5 Å². The topological polar surface area (TPSA) is 88.2 Å². The lowest BCUT2D eigenvalue weighted by Gasteiger charge is -2.33. The van der Waals surface area contributed by atoms with Gasteiger partial charge < -0.3 is 21.3 Å². The van der Waals surface area contributed by atoms with E-state index in [1.807, 2.05) is 0 Å². The molecule has 9 heteroatoms. The molecule has 0 atom stereocenters. The smallest absolute Gasteiger partial charge is 0.191 e. The first-order valence-electron chi connectivity index (χ1n) is 12.7. The molecule has 0 aliphatic heterocycles. The number of guanidine groups is 1. The second-order valence-electron chi connectivity index (χ2n) is 8.80. The highest BCUT2D eigenvalue weighted by atomic mass is 32.3. The average Bonchev–Trinajstić information content (AvgIpc) is 2.84. The second-order valence-corrected chi connectivity index (χ2v) is 11.3. The van der Waals surface area contributed by atoms with Crippen LogP contribution in [0.3, 0.4) is 0 Å². The first kappa shape index (κ1) is 27.7. The Labute approximate surface area is 198 Å². The minimum Gasteiger partial charge on any atom is -0.354 e. The molecule has 2 fully saturated rings. The van der Waals surface area contributed by atoms with Gasteiger partial charge in [0, 0.05) is 37.5 Å². The molecule has 0 spiro atoms. The molecular formula is C23H49N5O3S. The Morgan fingerprint density at radius 2 is 1.22 bits per heavy atom. The minimum absolute atomic E-state index is 0.589. The van der Waals surface area contributed by atoms with Crippen molar-refractivity contribution < 1.29 is 12.5 Å². The van der Waals surface area contributed by atoms with Gasteiger partial charge in [-0.2, -0.15) is 0 Å². The van der Waals surface area contributed by atoms with Crippen LogP contribution in [0.4, 0.5) is 0 Å². The number of rotatable bonds is 15. The van der Waals surface area contributed by atoms with Crippen molar-refractivity contribution in [2.24, 2.45) is 4.99 Å². The van der Waals surface area contributed by atoms with Crippen LogP contribution in [0.1, 0.15) is 70.6 Å². The summed E-state index contributed by atoms with van der Waals surface area (Å²) in [5, 5.41) is 14.4. The molecule has 0 aromatic rings. The Morgan fingerprint density at radius 1 is 0.719 bits per heavy atom. The van der Waals surface area contributed by atoms with Crippen LogP contribution in [0, 0.1) is 0 Å². The highest BCUT2D eigenvalue weighted by Crippen LogP contribution is 2.49. The number of hydrogen-bond donors (Lipinski definition) is 4. The highest BCUT2D eigenvalue weighted by Gasteiger charge is 2.22. The van der Waals surface area contributed by atoms with E-state index in [9.17, 15) is 0 Å². The van der Waals surface area contributed by atoms with Gasteiger partial charge in [-0.15, -0.1) is 0 Å². The van der Waals surface area contributed by atoms with Crippen LogP contribution in [0.5, 0.6) is 0 Å². The van der Waals surface area contributed by atoms with E-state index in [2.05, 4.69) is 21.3 Å². The van der Waals surface area contributed by atoms with E-state index in [0.717, 1.165) is 50.9 Å². The Balaban J connectivity index is 1.59. The average molecular weight is 476 g/mol. The molecule has 2 rings (SSSR count). The summed E-state index contributed by atoms with van der Waals surface area (Å²) in [6.45, 7) is 4.50. The van der Waals surface area contributed by atoms with E-state index in [4.69, 9.17) is 17.5 Å². The van der Waals surface area contributed by atoms with Crippen LogP contribution in [-0.2, 0) is 12.5 Å². The van der Waals surface area contributed by atoms with E-state index in [0.29, 0.717) is 12.1 Å². The molecule has 0 heterocycles. The van der Waals surface area contributed by atoms with Gasteiger partial charge in [0.25, 0.3) is 0 Å². The molecule has 0 bridgehead atoms. The zero-order chi connectivity index (χ0) is 22.9. The van der Waals surface area contributed by atoms with Crippen molar-refractivity contribution in [3.63, 3.8) is 0 Å². The largest absolute Gasteiger partial charge is 0.354 e. The standard InChI is InChI=1S/C23H49N5O3S/c1-29-32(30-2,31-3)20-10-15-24-16-17-25-18-19-26-23(27-21-11-6-4-7-12-21)28-22-13-8-5-9-14-22/h21-22,24-25H,4-20H2,1-3H3,(H2,26,27,28). The van der Waals surface area contributed by atoms with E-state index in [-0.39, 0.29) is 0 Å². The minimum atomic E-state index is -1.83. The van der Waals surface area contributed by atoms with Crippen LogP contribution < -0.4 is 21.3 Å². The predicted molar refractivity (Wildman–Crippen MR) is 136 cm³/mol. The van der Waals surface area contributed by atoms with Gasteiger partial charge in [0.15, 0.2) is 5.96 Å². The Kier molecular flexibility index (Phi) is 14.6. The monoisotopic (exact) mass is 475 g/mol. The van der Waals surface area contributed by atoms with E-state index in [1.165, 1.54) is 64.2 Å². The summed E-state index contributed by atoms with van der Waals surface area (Å²) < 4.78 is 16.2. The number of nitrogens with one attached hydrogen (secondary N) is 4. The van der Waals surface area contributed by atoms with Crippen molar-refractivity contribution in [3.8, 4) is 0 Å². The van der Waals surface area contributed by atoms with Crippen molar-refractivity contribution in [3.05, 3.63) is 0 Å². The van der Waals surface area contributed by atoms with Gasteiger partial charge >= 0.3 is 0 Å². The maximum Gasteiger partial charge on any atom is 0.191 e. The zero-order valence-electron chi connectivity index (χ0n) is 20.8. The predicted octanol–water partition coefficient (Wildman–Crippen LogP) is 3.25. The Bertz CT molecular complexity index is 466. The normalized spacial score (nSPS) is 19.0. The molecule has 0 amide bonds. The molecule has 0 radical (unpaired) electrons. The molecule has 0 aromatic heterocycles. The fraction of sp³-hybridized carbons (Fsp3) is 0.957. The molecule has 2 aliphatic rings. The van der Waals surface area contributed by atoms with E-state index < -0.39 is 10.9 Å². The van der Waals surface area contributed by atoms with Crippen LogP contribution in [0.2, 0.25) is 0 Å². The molecule has 190 valence electrons. The second kappa shape index (κ2) is 16.9. The summed E-state index contributed by atoms with van der Waals surface area (Å²) in [6, 6.07) is 1.18. The molecule has 4 N–H and O–H groups in total. The van der Waals surface area contributed by atoms with Crippen molar-refractivity contribution in [1.29, 1.82) is 0 Å². The molecule has 0 aromatic carbocycles. The highest BCUT2D eigenvalue weighted by molar-refractivity contribution is 8.21. The van der Waals surface area contributed by atoms with Crippen molar-refractivity contribution in [1.82, 2.24) is 21.3 Å². The lowest BCUT2D eigenvalue weighted by molar-refractivity contribution is 0.247. The third-order valence-electron chi connectivity index (χ3n) is 6.44. The molecular weight excluding hydrogens is 426 g/mol. The van der Waals surface area contributed by atoms with Crippen LogP contribution in [0.25, 0.3) is 0 Å². The third kappa shape index (κ3) is 11.0. The fourth-order valence-electron chi connectivity index (χ4n) is 4.52. The van der Waals surface area contributed by atoms with Crippen molar-refractivity contribution in [2.45, 2.75) is 82.7 Å². The molecule has 8 nitrogen and oxygen atoms in total. The summed E-state index contributed by atoms with van der Waals surface area (Å²) in [7, 11) is 3.10. The Hall–Kier alpha value is -0.580. The van der Waals surface area contributed by atoms with Crippen molar-refractivity contribution in [2.75, 3.05) is 59.8 Å². The van der Waals surface area contributed by atoms with Crippen LogP contribution in [0.15, 0.2) is 4.99 Å². The lowest BCUT2D eigenvalue weighted by atomic mass is 9.95. The molecule has 32 heavy (non-hydrogen) atoms. The Morgan fingerprint density at radius 3 is 1.72 bits per heavy atom. The van der Waals surface area contributed by atoms with Gasteiger partial charge in [-0.25, -0.2) is 0 Å². The molecule has 2 saturated carbocycles. The molecule has 2 aliphatic carbocycles. The van der Waals surface area contributed by atoms with Gasteiger partial charge in [0.05, 0.1) is 38.7 Å². The molecule has 0 unspecified atom stereocenters. The number of hydrogen-bond acceptors (Lipinski definition) is 6. The quantitative estimate of drug-likeness (QED) is 0.164. The third-order valence-corrected chi connectivity index (χ3v) is 8.75. The van der Waals surface area contributed by atoms with Gasteiger partial charge in [-0.05, 0) is 38.6 Å². The zero-order valence-corrected chi connectivity index (χ0v) is 21.6. The summed E-state index contributed by atoms with van der Waals surface area (Å²) in [4.78, 5) is 4.89. The van der Waals surface area contributed by atoms with E-state index >= 15 is 0 Å². The van der Waals surface area contributed by atoms with Crippen LogP contribution in [-0.4, -0.2) is 77.8 Å². The van der Waals surface area contributed by atoms with E-state index in [1.54, 1.807) is 21.3 Å². The maximum absolute atomic E-state index is 5.40. The lowest BCUT2D eigenvalue weighted by Crippen LogP contribution is -2.48. The maximum atomic E-state index is 5.40. The summed E-state index contributed by atoms with van der Waals surface area (Å²) in [5.41, 5.74) is 0. The van der Waals surface area contributed by atoms with Gasteiger partial charge in [0.1, 0.15) is 0 Å².